The number of rotatable bonds is 6. The van der Waals surface area contributed by atoms with Gasteiger partial charge in [-0.2, -0.15) is 0 Å². The quantitative estimate of drug-likeness (QED) is 0.445. The van der Waals surface area contributed by atoms with Crippen LogP contribution in [0, 0.1) is 0 Å². The number of carbonyl (C=O) groups is 2. The van der Waals surface area contributed by atoms with Crippen molar-refractivity contribution in [3.8, 4) is 11.3 Å². The Morgan fingerprint density at radius 1 is 1.38 bits per heavy atom. The monoisotopic (exact) mass is 458 g/mol. The first-order valence-electron chi connectivity index (χ1n) is 10.9. The van der Waals surface area contributed by atoms with Crippen LogP contribution in [0.4, 0.5) is 16.2 Å². The molecule has 1 aliphatic rings. The van der Waals surface area contributed by atoms with Crippen molar-refractivity contribution in [1.29, 1.82) is 0 Å². The number of aromatic nitrogens is 2. The van der Waals surface area contributed by atoms with E-state index in [1.54, 1.807) is 12.1 Å². The van der Waals surface area contributed by atoms with Crippen molar-refractivity contribution in [1.82, 2.24) is 9.55 Å². The fraction of sp³-hybridized carbons (Fsp3) is 0.500. The molecule has 3 rings (SSSR count). The van der Waals surface area contributed by atoms with Crippen LogP contribution in [-0.2, 0) is 21.0 Å². The van der Waals surface area contributed by atoms with E-state index in [1.165, 1.54) is 7.11 Å². The third-order valence-electron chi connectivity index (χ3n) is 5.29. The first kappa shape index (κ1) is 24.0. The van der Waals surface area contributed by atoms with Crippen LogP contribution in [0.15, 0.2) is 24.4 Å². The average Bonchev–Trinajstić information content (AvgIpc) is 3.17. The molecule has 2 amide bonds. The third kappa shape index (κ3) is 6.41. The molecular formula is C22H32N5O4Si. The van der Waals surface area contributed by atoms with Crippen LogP contribution in [0.5, 0.6) is 0 Å². The largest absolute Gasteiger partial charge is 0.453 e. The lowest BCUT2D eigenvalue weighted by atomic mass is 10.1. The van der Waals surface area contributed by atoms with Crippen molar-refractivity contribution in [2.75, 3.05) is 24.4 Å². The SMILES string of the molecule is COC(=O)Nc1ccc2c(c1)NC(=O)CCCC[C@H](N)c1nc-2cn1COCC[Si](C)C. The smallest absolute Gasteiger partial charge is 0.411 e. The Morgan fingerprint density at radius 3 is 2.94 bits per heavy atom. The highest BCUT2D eigenvalue weighted by atomic mass is 28.3. The summed E-state index contributed by atoms with van der Waals surface area (Å²) in [4.78, 5) is 28.9. The average molecular weight is 459 g/mol. The number of hydrogen-bond acceptors (Lipinski definition) is 6. The summed E-state index contributed by atoms with van der Waals surface area (Å²) < 4.78 is 12.5. The summed E-state index contributed by atoms with van der Waals surface area (Å²) in [6.07, 6.45) is 4.04. The van der Waals surface area contributed by atoms with Crippen LogP contribution in [0.3, 0.4) is 0 Å². The van der Waals surface area contributed by atoms with Crippen molar-refractivity contribution in [2.45, 2.75) is 57.6 Å². The number of amides is 2. The second kappa shape index (κ2) is 11.3. The molecule has 173 valence electrons. The molecular weight excluding hydrogens is 426 g/mol. The Kier molecular flexibility index (Phi) is 8.43. The molecule has 10 heteroatoms. The van der Waals surface area contributed by atoms with Gasteiger partial charge in [0.25, 0.3) is 0 Å². The van der Waals surface area contributed by atoms with E-state index < -0.39 is 6.09 Å². The number of imidazole rings is 1. The highest BCUT2D eigenvalue weighted by molar-refractivity contribution is 6.55. The molecule has 0 spiro atoms. The lowest BCUT2D eigenvalue weighted by Gasteiger charge is -2.15. The molecule has 0 aliphatic carbocycles. The normalized spacial score (nSPS) is 16.5. The van der Waals surface area contributed by atoms with Gasteiger partial charge in [0.2, 0.25) is 5.91 Å². The molecule has 32 heavy (non-hydrogen) atoms. The van der Waals surface area contributed by atoms with Gasteiger partial charge in [-0.15, -0.1) is 0 Å². The van der Waals surface area contributed by atoms with E-state index in [4.69, 9.17) is 15.5 Å². The number of nitrogens with one attached hydrogen (secondary N) is 2. The number of methoxy groups -OCH3 is 1. The van der Waals surface area contributed by atoms with E-state index in [1.807, 2.05) is 16.8 Å². The van der Waals surface area contributed by atoms with Crippen molar-refractivity contribution < 1.29 is 19.1 Å². The minimum atomic E-state index is -0.581. The number of nitrogens with two attached hydrogens (primary N) is 1. The zero-order chi connectivity index (χ0) is 23.1. The Balaban J connectivity index is 1.96. The van der Waals surface area contributed by atoms with Gasteiger partial charge in [0.05, 0.1) is 24.5 Å². The molecule has 4 N–H and O–H groups in total. The third-order valence-corrected chi connectivity index (χ3v) is 6.49. The van der Waals surface area contributed by atoms with E-state index in [2.05, 4.69) is 28.5 Å². The maximum atomic E-state index is 12.5. The summed E-state index contributed by atoms with van der Waals surface area (Å²) in [6, 6.07) is 6.11. The summed E-state index contributed by atoms with van der Waals surface area (Å²) in [5.41, 5.74) is 8.99. The van der Waals surface area contributed by atoms with E-state index in [9.17, 15) is 9.59 Å². The van der Waals surface area contributed by atoms with Gasteiger partial charge in [-0.05, 0) is 37.1 Å². The zero-order valence-electron chi connectivity index (χ0n) is 18.9. The summed E-state index contributed by atoms with van der Waals surface area (Å²) in [7, 11) is 0.960. The van der Waals surface area contributed by atoms with Crippen LogP contribution in [-0.4, -0.2) is 44.1 Å². The lowest BCUT2D eigenvalue weighted by Crippen LogP contribution is -2.19. The number of hydrogen-bond donors (Lipinski definition) is 3. The summed E-state index contributed by atoms with van der Waals surface area (Å²) in [6.45, 7) is 5.62. The number of benzene rings is 1. The van der Waals surface area contributed by atoms with Gasteiger partial charge in [-0.3, -0.25) is 10.1 Å². The van der Waals surface area contributed by atoms with E-state index in [0.29, 0.717) is 36.8 Å². The van der Waals surface area contributed by atoms with Gasteiger partial charge in [0.15, 0.2) is 0 Å². The van der Waals surface area contributed by atoms with Crippen LogP contribution in [0.2, 0.25) is 19.1 Å². The number of ether oxygens (including phenoxy) is 2. The molecule has 1 aliphatic heterocycles. The fourth-order valence-electron chi connectivity index (χ4n) is 3.51. The molecule has 2 bridgehead atoms. The predicted octanol–water partition coefficient (Wildman–Crippen LogP) is 3.97. The molecule has 2 heterocycles. The molecule has 1 aromatic carbocycles. The highest BCUT2D eigenvalue weighted by Crippen LogP contribution is 2.32. The lowest BCUT2D eigenvalue weighted by molar-refractivity contribution is -0.116. The van der Waals surface area contributed by atoms with Gasteiger partial charge >= 0.3 is 6.09 Å². The number of carbonyl (C=O) groups excluding carboxylic acids is 2. The van der Waals surface area contributed by atoms with Crippen molar-refractivity contribution in [3.05, 3.63) is 30.2 Å². The molecule has 0 fully saturated rings. The van der Waals surface area contributed by atoms with Crippen LogP contribution >= 0.6 is 0 Å². The van der Waals surface area contributed by atoms with Crippen LogP contribution < -0.4 is 16.4 Å². The number of anilines is 2. The van der Waals surface area contributed by atoms with Gasteiger partial charge in [0, 0.05) is 39.3 Å². The maximum absolute atomic E-state index is 12.5. The standard InChI is InChI=1S/C22H32N5O4Si/c1-30-22(29)24-15-8-9-16-18(12-15)25-20(28)7-5-4-6-17(23)21-26-19(16)13-27(21)14-31-10-11-32(2)3/h8-9,12-13,17H,4-7,10-11,14,23H2,1-3H3,(H,24,29)(H,25,28)/t17-/m0/s1. The molecule has 9 nitrogen and oxygen atoms in total. The highest BCUT2D eigenvalue weighted by Gasteiger charge is 2.20. The van der Waals surface area contributed by atoms with Gasteiger partial charge < -0.3 is 25.1 Å². The number of nitrogens with zero attached hydrogens (tertiary/aromatic N) is 2. The summed E-state index contributed by atoms with van der Waals surface area (Å²) in [5.74, 6) is 0.684. The zero-order valence-corrected chi connectivity index (χ0v) is 19.9. The fourth-order valence-corrected chi connectivity index (χ4v) is 4.06. The van der Waals surface area contributed by atoms with Gasteiger partial charge in [-0.1, -0.05) is 19.5 Å². The Bertz CT molecular complexity index is 946. The molecule has 1 aromatic heterocycles. The van der Waals surface area contributed by atoms with E-state index in [0.717, 1.165) is 36.7 Å². The minimum Gasteiger partial charge on any atom is -0.453 e. The van der Waals surface area contributed by atoms with Crippen LogP contribution in [0.1, 0.15) is 37.5 Å². The van der Waals surface area contributed by atoms with Gasteiger partial charge in [0.1, 0.15) is 12.6 Å². The molecule has 0 saturated carbocycles. The van der Waals surface area contributed by atoms with Crippen molar-refractivity contribution in [2.24, 2.45) is 5.73 Å². The summed E-state index contributed by atoms with van der Waals surface area (Å²) >= 11 is 0. The van der Waals surface area contributed by atoms with E-state index >= 15 is 0 Å². The first-order chi connectivity index (χ1) is 15.4. The number of fused-ring (bicyclic) bond motifs is 4. The summed E-state index contributed by atoms with van der Waals surface area (Å²) in [5, 5.41) is 5.59. The maximum Gasteiger partial charge on any atom is 0.411 e. The van der Waals surface area contributed by atoms with Gasteiger partial charge in [-0.25, -0.2) is 9.78 Å². The van der Waals surface area contributed by atoms with Crippen molar-refractivity contribution in [3.63, 3.8) is 0 Å². The Morgan fingerprint density at radius 2 is 2.19 bits per heavy atom. The Labute approximate surface area is 190 Å². The van der Waals surface area contributed by atoms with Crippen LogP contribution in [0.25, 0.3) is 11.3 Å². The van der Waals surface area contributed by atoms with Crippen molar-refractivity contribution >= 4 is 32.2 Å². The second-order valence-corrected chi connectivity index (χ2v) is 11.1. The van der Waals surface area contributed by atoms with E-state index in [-0.39, 0.29) is 20.7 Å². The molecule has 1 atom stereocenters. The predicted molar refractivity (Wildman–Crippen MR) is 126 cm³/mol. The molecule has 2 aromatic rings. The topological polar surface area (TPSA) is 121 Å². The Hall–Kier alpha value is -2.69. The molecule has 0 saturated heterocycles. The molecule has 1 radical (unpaired) electrons. The first-order valence-corrected chi connectivity index (χ1v) is 13.6. The molecule has 0 unspecified atom stereocenters. The minimum absolute atomic E-state index is 0.0876. The second-order valence-electron chi connectivity index (χ2n) is 8.23.